The fourth-order valence-corrected chi connectivity index (χ4v) is 3.05. The molecule has 1 aliphatic rings. The van der Waals surface area contributed by atoms with Crippen LogP contribution in [0.4, 0.5) is 0 Å². The fraction of sp³-hybridized carbons (Fsp3) is 0.556. The van der Waals surface area contributed by atoms with E-state index < -0.39 is 0 Å². The molecule has 2 atom stereocenters. The maximum atomic E-state index is 12.3. The minimum absolute atomic E-state index is 0.0134. The van der Waals surface area contributed by atoms with Crippen molar-refractivity contribution in [3.8, 4) is 11.5 Å². The summed E-state index contributed by atoms with van der Waals surface area (Å²) in [7, 11) is 1.59. The molecule has 2 amide bonds. The van der Waals surface area contributed by atoms with Crippen LogP contribution in [0.1, 0.15) is 33.1 Å². The van der Waals surface area contributed by atoms with Gasteiger partial charge in [0.1, 0.15) is 11.5 Å². The minimum Gasteiger partial charge on any atom is -0.497 e. The molecule has 132 valence electrons. The molecule has 1 saturated heterocycles. The predicted octanol–water partition coefficient (Wildman–Crippen LogP) is 1.98. The first-order chi connectivity index (χ1) is 11.5. The van der Waals surface area contributed by atoms with E-state index in [2.05, 4.69) is 19.2 Å². The van der Waals surface area contributed by atoms with Gasteiger partial charge in [-0.2, -0.15) is 0 Å². The second-order valence-electron chi connectivity index (χ2n) is 6.17. The number of hydrogen-bond donors (Lipinski definition) is 1. The number of amides is 2. The number of methoxy groups -OCH3 is 1. The summed E-state index contributed by atoms with van der Waals surface area (Å²) < 4.78 is 10.5. The highest BCUT2D eigenvalue weighted by molar-refractivity contribution is 5.85. The second-order valence-corrected chi connectivity index (χ2v) is 6.17. The standard InChI is InChI=1S/C18H26N2O4/c1-13-5-4-6-14(2)20(13)18(22)11-19-17(21)12-24-16-9-7-15(23-3)8-10-16/h7-10,13-14H,4-6,11-12H2,1-3H3,(H,19,21). The largest absolute Gasteiger partial charge is 0.497 e. The monoisotopic (exact) mass is 334 g/mol. The van der Waals surface area contributed by atoms with Crippen LogP contribution in [-0.4, -0.2) is 49.1 Å². The van der Waals surface area contributed by atoms with Crippen molar-refractivity contribution in [1.29, 1.82) is 0 Å². The molecule has 0 radical (unpaired) electrons. The lowest BCUT2D eigenvalue weighted by Gasteiger charge is -2.39. The summed E-state index contributed by atoms with van der Waals surface area (Å²) in [5, 5.41) is 2.63. The number of carbonyl (C=O) groups excluding carboxylic acids is 2. The molecule has 1 aliphatic heterocycles. The van der Waals surface area contributed by atoms with Crippen molar-refractivity contribution in [1.82, 2.24) is 10.2 Å². The van der Waals surface area contributed by atoms with E-state index in [1.807, 2.05) is 4.90 Å². The molecule has 0 aromatic heterocycles. The van der Waals surface area contributed by atoms with E-state index in [0.717, 1.165) is 25.0 Å². The van der Waals surface area contributed by atoms with Gasteiger partial charge in [-0.15, -0.1) is 0 Å². The number of carbonyl (C=O) groups is 2. The van der Waals surface area contributed by atoms with Crippen molar-refractivity contribution in [2.45, 2.75) is 45.2 Å². The molecular formula is C18H26N2O4. The van der Waals surface area contributed by atoms with E-state index in [9.17, 15) is 9.59 Å². The average molecular weight is 334 g/mol. The van der Waals surface area contributed by atoms with Gasteiger partial charge in [0.25, 0.3) is 5.91 Å². The smallest absolute Gasteiger partial charge is 0.258 e. The highest BCUT2D eigenvalue weighted by Crippen LogP contribution is 2.22. The van der Waals surface area contributed by atoms with Crippen LogP contribution in [0.15, 0.2) is 24.3 Å². The number of ether oxygens (including phenoxy) is 2. The maximum Gasteiger partial charge on any atom is 0.258 e. The van der Waals surface area contributed by atoms with E-state index >= 15 is 0 Å². The molecule has 2 rings (SSSR count). The van der Waals surface area contributed by atoms with Gasteiger partial charge in [0.05, 0.1) is 13.7 Å². The summed E-state index contributed by atoms with van der Waals surface area (Å²) in [6.07, 6.45) is 3.18. The van der Waals surface area contributed by atoms with Crippen LogP contribution >= 0.6 is 0 Å². The van der Waals surface area contributed by atoms with Gasteiger partial charge in [-0.05, 0) is 57.4 Å². The fourth-order valence-electron chi connectivity index (χ4n) is 3.05. The topological polar surface area (TPSA) is 67.9 Å². The summed E-state index contributed by atoms with van der Waals surface area (Å²) in [5.74, 6) is 0.960. The first-order valence-electron chi connectivity index (χ1n) is 8.36. The van der Waals surface area contributed by atoms with Gasteiger partial charge in [-0.3, -0.25) is 9.59 Å². The zero-order valence-electron chi connectivity index (χ0n) is 14.6. The molecule has 0 spiro atoms. The summed E-state index contributed by atoms with van der Waals surface area (Å²) in [6.45, 7) is 4.01. The SMILES string of the molecule is COc1ccc(OCC(=O)NCC(=O)N2C(C)CCCC2C)cc1. The molecule has 0 saturated carbocycles. The van der Waals surface area contributed by atoms with Gasteiger partial charge in [0.2, 0.25) is 5.91 Å². The van der Waals surface area contributed by atoms with Gasteiger partial charge >= 0.3 is 0 Å². The van der Waals surface area contributed by atoms with Crippen LogP contribution in [0.3, 0.4) is 0 Å². The molecule has 2 unspecified atom stereocenters. The highest BCUT2D eigenvalue weighted by Gasteiger charge is 2.28. The Hall–Kier alpha value is -2.24. The predicted molar refractivity (Wildman–Crippen MR) is 91.1 cm³/mol. The molecule has 6 nitrogen and oxygen atoms in total. The van der Waals surface area contributed by atoms with Gasteiger partial charge in [-0.1, -0.05) is 0 Å². The zero-order chi connectivity index (χ0) is 17.5. The third kappa shape index (κ3) is 4.88. The van der Waals surface area contributed by atoms with E-state index in [0.29, 0.717) is 5.75 Å². The summed E-state index contributed by atoms with van der Waals surface area (Å²) >= 11 is 0. The molecule has 1 fully saturated rings. The minimum atomic E-state index is -0.309. The molecule has 24 heavy (non-hydrogen) atoms. The lowest BCUT2D eigenvalue weighted by Crippen LogP contribution is -2.51. The molecular weight excluding hydrogens is 308 g/mol. The Bertz CT molecular complexity index is 549. The van der Waals surface area contributed by atoms with Crippen LogP contribution in [0.25, 0.3) is 0 Å². The van der Waals surface area contributed by atoms with E-state index in [4.69, 9.17) is 9.47 Å². The Labute approximate surface area is 143 Å². The molecule has 1 N–H and O–H groups in total. The Morgan fingerprint density at radius 2 is 1.71 bits per heavy atom. The van der Waals surface area contributed by atoms with Crippen molar-refractivity contribution >= 4 is 11.8 Å². The molecule has 0 aliphatic carbocycles. The number of likely N-dealkylation sites (tertiary alicyclic amines) is 1. The summed E-state index contributed by atoms with van der Waals surface area (Å²) in [5.41, 5.74) is 0. The summed E-state index contributed by atoms with van der Waals surface area (Å²) in [6, 6.07) is 7.44. The summed E-state index contributed by atoms with van der Waals surface area (Å²) in [4.78, 5) is 26.1. The first-order valence-corrected chi connectivity index (χ1v) is 8.36. The van der Waals surface area contributed by atoms with Crippen molar-refractivity contribution < 1.29 is 19.1 Å². The van der Waals surface area contributed by atoms with Crippen LogP contribution < -0.4 is 14.8 Å². The molecule has 6 heteroatoms. The zero-order valence-corrected chi connectivity index (χ0v) is 14.6. The van der Waals surface area contributed by atoms with Crippen LogP contribution in [-0.2, 0) is 9.59 Å². The van der Waals surface area contributed by atoms with Crippen molar-refractivity contribution in [3.63, 3.8) is 0 Å². The Morgan fingerprint density at radius 1 is 1.12 bits per heavy atom. The van der Waals surface area contributed by atoms with Crippen LogP contribution in [0.5, 0.6) is 11.5 Å². The molecule has 0 bridgehead atoms. The Morgan fingerprint density at radius 3 is 2.29 bits per heavy atom. The number of hydrogen-bond acceptors (Lipinski definition) is 4. The van der Waals surface area contributed by atoms with Crippen LogP contribution in [0, 0.1) is 0 Å². The highest BCUT2D eigenvalue weighted by atomic mass is 16.5. The van der Waals surface area contributed by atoms with Gasteiger partial charge in [-0.25, -0.2) is 0 Å². The van der Waals surface area contributed by atoms with E-state index in [1.54, 1.807) is 31.4 Å². The van der Waals surface area contributed by atoms with Crippen molar-refractivity contribution in [3.05, 3.63) is 24.3 Å². The molecule has 1 aromatic rings. The number of rotatable bonds is 6. The van der Waals surface area contributed by atoms with Gasteiger partial charge < -0.3 is 19.7 Å². The molecule has 1 heterocycles. The average Bonchev–Trinajstić information content (AvgIpc) is 2.58. The lowest BCUT2D eigenvalue weighted by molar-refractivity contribution is -0.138. The Balaban J connectivity index is 1.74. The van der Waals surface area contributed by atoms with Gasteiger partial charge in [0, 0.05) is 12.1 Å². The van der Waals surface area contributed by atoms with E-state index in [1.165, 1.54) is 0 Å². The van der Waals surface area contributed by atoms with Gasteiger partial charge in [0.15, 0.2) is 6.61 Å². The number of benzene rings is 1. The normalized spacial score (nSPS) is 20.4. The van der Waals surface area contributed by atoms with Crippen molar-refractivity contribution in [2.24, 2.45) is 0 Å². The van der Waals surface area contributed by atoms with Crippen LogP contribution in [0.2, 0.25) is 0 Å². The maximum absolute atomic E-state index is 12.3. The number of piperidine rings is 1. The number of nitrogens with one attached hydrogen (secondary N) is 1. The van der Waals surface area contributed by atoms with E-state index in [-0.39, 0.29) is 37.0 Å². The lowest BCUT2D eigenvalue weighted by atomic mass is 9.97. The first kappa shape index (κ1) is 18.1. The second kappa shape index (κ2) is 8.57. The third-order valence-corrected chi connectivity index (χ3v) is 4.35. The Kier molecular flexibility index (Phi) is 6.46. The third-order valence-electron chi connectivity index (χ3n) is 4.35. The number of nitrogens with zero attached hydrogens (tertiary/aromatic N) is 1. The molecule has 1 aromatic carbocycles. The quantitative estimate of drug-likeness (QED) is 0.864. The van der Waals surface area contributed by atoms with Crippen molar-refractivity contribution in [2.75, 3.05) is 20.3 Å².